The van der Waals surface area contributed by atoms with Gasteiger partial charge in [0.25, 0.3) is 0 Å². The fourth-order valence-electron chi connectivity index (χ4n) is 1.70. The molecule has 0 aliphatic carbocycles. The molecule has 0 spiro atoms. The lowest BCUT2D eigenvalue weighted by atomic mass is 10.1. The minimum absolute atomic E-state index is 0.0394. The quantitative estimate of drug-likeness (QED) is 0.879. The molecular formula is C11H9FN2O4S. The fourth-order valence-corrected chi connectivity index (χ4v) is 3.29. The molecule has 1 aromatic carbocycles. The number of carboxylic acid groups (broad SMARTS) is 1. The zero-order chi connectivity index (χ0) is 14.2. The van der Waals surface area contributed by atoms with E-state index in [1.807, 2.05) is 6.07 Å². The Morgan fingerprint density at radius 1 is 1.42 bits per heavy atom. The number of aromatic carboxylic acids is 1. The van der Waals surface area contributed by atoms with Crippen molar-refractivity contribution in [2.24, 2.45) is 5.92 Å². The molecule has 1 aliphatic rings. The van der Waals surface area contributed by atoms with Crippen molar-refractivity contribution in [1.29, 1.82) is 5.26 Å². The predicted octanol–water partition coefficient (Wildman–Crippen LogP) is 0.668. The van der Waals surface area contributed by atoms with Crippen molar-refractivity contribution in [2.75, 3.05) is 13.1 Å². The predicted molar refractivity (Wildman–Crippen MR) is 61.2 cm³/mol. The Kier molecular flexibility index (Phi) is 3.26. The Morgan fingerprint density at radius 2 is 2.05 bits per heavy atom. The molecule has 1 aliphatic heterocycles. The fraction of sp³-hybridized carbons (Fsp3) is 0.273. The van der Waals surface area contributed by atoms with E-state index in [1.54, 1.807) is 0 Å². The van der Waals surface area contributed by atoms with Gasteiger partial charge in [-0.05, 0) is 18.2 Å². The first-order valence-corrected chi connectivity index (χ1v) is 6.72. The standard InChI is InChI=1S/C11H9FN2O4S/c12-9-1-8(11(15)16)2-10(3-9)19(17,18)14-5-7(4-13)6-14/h1-3,7H,5-6H2,(H,15,16). The number of sulfonamides is 1. The second-order valence-electron chi connectivity index (χ2n) is 4.13. The monoisotopic (exact) mass is 284 g/mol. The van der Waals surface area contributed by atoms with E-state index in [1.165, 1.54) is 0 Å². The van der Waals surface area contributed by atoms with Gasteiger partial charge in [-0.2, -0.15) is 9.57 Å². The number of carbonyl (C=O) groups is 1. The molecule has 0 unspecified atom stereocenters. The number of hydrogen-bond donors (Lipinski definition) is 1. The normalized spacial score (nSPS) is 16.6. The van der Waals surface area contributed by atoms with Gasteiger partial charge in [0.15, 0.2) is 0 Å². The van der Waals surface area contributed by atoms with Crippen molar-refractivity contribution < 1.29 is 22.7 Å². The Bertz CT molecular complexity index is 674. The van der Waals surface area contributed by atoms with Crippen molar-refractivity contribution in [2.45, 2.75) is 4.90 Å². The van der Waals surface area contributed by atoms with Crippen LogP contribution in [0.2, 0.25) is 0 Å². The zero-order valence-electron chi connectivity index (χ0n) is 9.58. The molecule has 0 amide bonds. The Labute approximate surface area is 108 Å². The molecule has 8 heteroatoms. The Hall–Kier alpha value is -1.98. The van der Waals surface area contributed by atoms with Crippen molar-refractivity contribution in [3.8, 4) is 6.07 Å². The average molecular weight is 284 g/mol. The van der Waals surface area contributed by atoms with E-state index in [2.05, 4.69) is 0 Å². The van der Waals surface area contributed by atoms with Gasteiger partial charge in [0.05, 0.1) is 22.4 Å². The minimum atomic E-state index is -3.94. The maximum atomic E-state index is 13.2. The van der Waals surface area contributed by atoms with Gasteiger partial charge < -0.3 is 5.11 Å². The number of nitrogens with zero attached hydrogens (tertiary/aromatic N) is 2. The molecule has 0 radical (unpaired) electrons. The lowest BCUT2D eigenvalue weighted by Gasteiger charge is -2.33. The van der Waals surface area contributed by atoms with E-state index in [-0.39, 0.29) is 19.0 Å². The second-order valence-corrected chi connectivity index (χ2v) is 6.07. The molecule has 19 heavy (non-hydrogen) atoms. The van der Waals surface area contributed by atoms with E-state index in [0.717, 1.165) is 22.5 Å². The SMILES string of the molecule is N#CC1CN(S(=O)(=O)c2cc(F)cc(C(=O)O)c2)C1. The minimum Gasteiger partial charge on any atom is -0.478 e. The van der Waals surface area contributed by atoms with Crippen LogP contribution in [0.25, 0.3) is 0 Å². The highest BCUT2D eigenvalue weighted by atomic mass is 32.2. The summed E-state index contributed by atoms with van der Waals surface area (Å²) in [4.78, 5) is 10.4. The number of carboxylic acids is 1. The number of nitriles is 1. The smallest absolute Gasteiger partial charge is 0.335 e. The molecule has 0 saturated carbocycles. The van der Waals surface area contributed by atoms with Crippen LogP contribution >= 0.6 is 0 Å². The van der Waals surface area contributed by atoms with Gasteiger partial charge in [0, 0.05) is 13.1 Å². The van der Waals surface area contributed by atoms with Crippen LogP contribution in [-0.2, 0) is 10.0 Å². The highest BCUT2D eigenvalue weighted by Gasteiger charge is 2.37. The zero-order valence-corrected chi connectivity index (χ0v) is 10.4. The summed E-state index contributed by atoms with van der Waals surface area (Å²) in [5.41, 5.74) is -0.434. The Morgan fingerprint density at radius 3 is 2.58 bits per heavy atom. The second kappa shape index (κ2) is 4.60. The third kappa shape index (κ3) is 2.43. The molecule has 0 atom stereocenters. The van der Waals surface area contributed by atoms with Gasteiger partial charge in [-0.1, -0.05) is 0 Å². The lowest BCUT2D eigenvalue weighted by molar-refractivity contribution is 0.0696. The first kappa shape index (κ1) is 13.5. The van der Waals surface area contributed by atoms with E-state index in [0.29, 0.717) is 0 Å². The van der Waals surface area contributed by atoms with Crippen molar-refractivity contribution >= 4 is 16.0 Å². The summed E-state index contributed by atoms with van der Waals surface area (Å²) in [6.07, 6.45) is 0. The molecule has 1 aromatic rings. The number of hydrogen-bond acceptors (Lipinski definition) is 4. The summed E-state index contributed by atoms with van der Waals surface area (Å²) in [6.45, 7) is 0.0789. The van der Waals surface area contributed by atoms with Gasteiger partial charge in [0.2, 0.25) is 10.0 Å². The van der Waals surface area contributed by atoms with Gasteiger partial charge in [-0.25, -0.2) is 17.6 Å². The van der Waals surface area contributed by atoms with Crippen molar-refractivity contribution in [1.82, 2.24) is 4.31 Å². The summed E-state index contributed by atoms with van der Waals surface area (Å²) in [7, 11) is -3.94. The summed E-state index contributed by atoms with van der Waals surface area (Å²) >= 11 is 0. The largest absolute Gasteiger partial charge is 0.478 e. The molecule has 6 nitrogen and oxygen atoms in total. The van der Waals surface area contributed by atoms with Gasteiger partial charge in [-0.15, -0.1) is 0 Å². The number of halogens is 1. The van der Waals surface area contributed by atoms with E-state index < -0.39 is 32.3 Å². The van der Waals surface area contributed by atoms with E-state index in [4.69, 9.17) is 10.4 Å². The molecule has 0 aromatic heterocycles. The van der Waals surface area contributed by atoms with Gasteiger partial charge >= 0.3 is 5.97 Å². The van der Waals surface area contributed by atoms with Crippen LogP contribution < -0.4 is 0 Å². The summed E-state index contributed by atoms with van der Waals surface area (Å²) in [5, 5.41) is 17.4. The lowest BCUT2D eigenvalue weighted by Crippen LogP contribution is -2.49. The van der Waals surface area contributed by atoms with Crippen LogP contribution in [-0.4, -0.2) is 36.9 Å². The molecule has 0 bridgehead atoms. The molecule has 1 heterocycles. The third-order valence-electron chi connectivity index (χ3n) is 2.79. The van der Waals surface area contributed by atoms with Gasteiger partial charge in [0.1, 0.15) is 5.82 Å². The van der Waals surface area contributed by atoms with Crippen LogP contribution in [0.3, 0.4) is 0 Å². The van der Waals surface area contributed by atoms with Crippen molar-refractivity contribution in [3.05, 3.63) is 29.6 Å². The third-order valence-corrected chi connectivity index (χ3v) is 4.60. The highest BCUT2D eigenvalue weighted by Crippen LogP contribution is 2.25. The molecule has 100 valence electrons. The average Bonchev–Trinajstić information content (AvgIpc) is 2.26. The first-order chi connectivity index (χ1) is 8.84. The van der Waals surface area contributed by atoms with Crippen LogP contribution in [0.4, 0.5) is 4.39 Å². The van der Waals surface area contributed by atoms with Crippen LogP contribution in [0, 0.1) is 23.1 Å². The molecule has 1 N–H and O–H groups in total. The number of benzene rings is 1. The number of rotatable bonds is 3. The maximum Gasteiger partial charge on any atom is 0.335 e. The topological polar surface area (TPSA) is 98.5 Å². The highest BCUT2D eigenvalue weighted by molar-refractivity contribution is 7.89. The summed E-state index contributed by atoms with van der Waals surface area (Å²) in [6, 6.07) is 4.34. The van der Waals surface area contributed by atoms with Crippen LogP contribution in [0.5, 0.6) is 0 Å². The molecule has 2 rings (SSSR count). The summed E-state index contributed by atoms with van der Waals surface area (Å²) < 4.78 is 38.4. The maximum absolute atomic E-state index is 13.2. The molecular weight excluding hydrogens is 275 g/mol. The van der Waals surface area contributed by atoms with Gasteiger partial charge in [-0.3, -0.25) is 0 Å². The van der Waals surface area contributed by atoms with E-state index >= 15 is 0 Å². The van der Waals surface area contributed by atoms with Crippen LogP contribution in [0.1, 0.15) is 10.4 Å². The Balaban J connectivity index is 2.37. The van der Waals surface area contributed by atoms with Crippen molar-refractivity contribution in [3.63, 3.8) is 0 Å². The first-order valence-electron chi connectivity index (χ1n) is 5.28. The molecule has 1 fully saturated rings. The molecule has 1 saturated heterocycles. The summed E-state index contributed by atoms with van der Waals surface area (Å²) in [5.74, 6) is -2.72. The van der Waals surface area contributed by atoms with E-state index in [9.17, 15) is 17.6 Å². The van der Waals surface area contributed by atoms with Crippen LogP contribution in [0.15, 0.2) is 23.1 Å².